The minimum Gasteiger partial charge on any atom is -0.496 e. The van der Waals surface area contributed by atoms with E-state index in [0.29, 0.717) is 28.7 Å². The van der Waals surface area contributed by atoms with E-state index < -0.39 is 5.97 Å². The minimum atomic E-state index is -0.680. The van der Waals surface area contributed by atoms with Gasteiger partial charge >= 0.3 is 5.97 Å². The number of hydrogen-bond donors (Lipinski definition) is 2. The SMILES string of the molecule is COc1ccc(F)cc1-c1ncnc2[nH]c(C3=CCN([C@H]4CC[C@H](C(C)C(=O)O)CC4)CC3)cc12. The van der Waals surface area contributed by atoms with Gasteiger partial charge in [0, 0.05) is 35.8 Å². The van der Waals surface area contributed by atoms with Crippen molar-refractivity contribution in [3.8, 4) is 17.0 Å². The number of carboxylic acids is 1. The lowest BCUT2D eigenvalue weighted by Gasteiger charge is -2.39. The molecule has 1 aromatic carbocycles. The van der Waals surface area contributed by atoms with Gasteiger partial charge in [-0.1, -0.05) is 13.0 Å². The Kier molecular flexibility index (Phi) is 6.56. The molecule has 2 N–H and O–H groups in total. The summed E-state index contributed by atoms with van der Waals surface area (Å²) in [5.74, 6) is -0.427. The van der Waals surface area contributed by atoms with Gasteiger partial charge in [0.25, 0.3) is 0 Å². The molecule has 0 radical (unpaired) electrons. The molecule has 7 nitrogen and oxygen atoms in total. The first-order chi connectivity index (χ1) is 16.9. The second-order valence-electron chi connectivity index (χ2n) is 9.68. The number of benzene rings is 1. The van der Waals surface area contributed by atoms with Gasteiger partial charge in [0.05, 0.1) is 18.7 Å². The lowest BCUT2D eigenvalue weighted by Crippen LogP contribution is -2.41. The Morgan fingerprint density at radius 1 is 1.23 bits per heavy atom. The molecule has 1 unspecified atom stereocenters. The van der Waals surface area contributed by atoms with Crippen LogP contribution in [0.2, 0.25) is 0 Å². The average molecular weight is 479 g/mol. The summed E-state index contributed by atoms with van der Waals surface area (Å²) in [6.45, 7) is 3.69. The van der Waals surface area contributed by atoms with Crippen LogP contribution < -0.4 is 4.74 Å². The molecule has 5 rings (SSSR count). The van der Waals surface area contributed by atoms with Crippen LogP contribution in [0.25, 0.3) is 27.9 Å². The van der Waals surface area contributed by atoms with Crippen molar-refractivity contribution in [2.75, 3.05) is 20.2 Å². The molecule has 1 aliphatic heterocycles. The fourth-order valence-corrected chi connectivity index (χ4v) is 5.62. The van der Waals surface area contributed by atoms with E-state index in [1.54, 1.807) is 13.2 Å². The Balaban J connectivity index is 1.32. The van der Waals surface area contributed by atoms with Gasteiger partial charge in [-0.3, -0.25) is 9.69 Å². The fraction of sp³-hybridized carbons (Fsp3) is 0.444. The summed E-state index contributed by atoms with van der Waals surface area (Å²) in [6.07, 6.45) is 8.77. The van der Waals surface area contributed by atoms with Crippen LogP contribution in [0.1, 0.15) is 44.7 Å². The van der Waals surface area contributed by atoms with E-state index in [0.717, 1.165) is 56.3 Å². The van der Waals surface area contributed by atoms with Crippen molar-refractivity contribution in [1.82, 2.24) is 19.9 Å². The number of fused-ring (bicyclic) bond motifs is 1. The first-order valence-electron chi connectivity index (χ1n) is 12.3. The second kappa shape index (κ2) is 9.77. The lowest BCUT2D eigenvalue weighted by molar-refractivity contribution is -0.143. The molecule has 1 aliphatic carbocycles. The minimum absolute atomic E-state index is 0.258. The van der Waals surface area contributed by atoms with Crippen LogP contribution in [-0.4, -0.2) is 57.2 Å². The highest BCUT2D eigenvalue weighted by molar-refractivity contribution is 5.94. The Morgan fingerprint density at radius 2 is 2.03 bits per heavy atom. The number of nitrogens with zero attached hydrogens (tertiary/aromatic N) is 3. The molecule has 8 heteroatoms. The maximum absolute atomic E-state index is 14.0. The van der Waals surface area contributed by atoms with Crippen LogP contribution in [0.4, 0.5) is 4.39 Å². The molecule has 2 aromatic heterocycles. The van der Waals surface area contributed by atoms with Crippen molar-refractivity contribution in [2.24, 2.45) is 11.8 Å². The van der Waals surface area contributed by atoms with Crippen LogP contribution in [0.3, 0.4) is 0 Å². The smallest absolute Gasteiger partial charge is 0.306 e. The molecule has 0 amide bonds. The Morgan fingerprint density at radius 3 is 2.71 bits per heavy atom. The molecule has 3 heterocycles. The van der Waals surface area contributed by atoms with Gasteiger partial charge in [0.1, 0.15) is 23.5 Å². The van der Waals surface area contributed by atoms with Gasteiger partial charge in [-0.2, -0.15) is 0 Å². The Bertz CT molecular complexity index is 1260. The number of methoxy groups -OCH3 is 1. The summed E-state index contributed by atoms with van der Waals surface area (Å²) in [4.78, 5) is 26.1. The predicted octanol–water partition coefficient (Wildman–Crippen LogP) is 5.14. The van der Waals surface area contributed by atoms with Crippen molar-refractivity contribution < 1.29 is 19.0 Å². The number of aromatic amines is 1. The van der Waals surface area contributed by atoms with Gasteiger partial charge in [-0.05, 0) is 67.9 Å². The monoisotopic (exact) mass is 478 g/mol. The summed E-state index contributed by atoms with van der Waals surface area (Å²) >= 11 is 0. The Labute approximate surface area is 204 Å². The number of H-pyrrole nitrogens is 1. The number of halogens is 1. The van der Waals surface area contributed by atoms with Crippen LogP contribution >= 0.6 is 0 Å². The standard InChI is InChI=1S/C27H31FN4O3/c1-16(27(33)34)17-3-6-20(7-4-17)32-11-9-18(10-12-32)23-14-22-25(29-15-30-26(22)31-23)21-13-19(28)5-8-24(21)35-2/h5,8-9,13-17,20H,3-4,6-7,10-12H2,1-2H3,(H,33,34)(H,29,30,31)/t16?,17-,20-. The van der Waals surface area contributed by atoms with Gasteiger partial charge in [-0.15, -0.1) is 0 Å². The molecule has 3 aromatic rings. The van der Waals surface area contributed by atoms with Crippen molar-refractivity contribution in [1.29, 1.82) is 0 Å². The quantitative estimate of drug-likeness (QED) is 0.510. The van der Waals surface area contributed by atoms with E-state index in [1.165, 1.54) is 24.0 Å². The van der Waals surface area contributed by atoms with Crippen molar-refractivity contribution in [3.63, 3.8) is 0 Å². The van der Waals surface area contributed by atoms with Crippen LogP contribution in [0.15, 0.2) is 36.7 Å². The zero-order chi connectivity index (χ0) is 24.5. The number of hydrogen-bond acceptors (Lipinski definition) is 5. The Hall–Kier alpha value is -3.26. The molecule has 184 valence electrons. The molecule has 1 atom stereocenters. The van der Waals surface area contributed by atoms with E-state index in [9.17, 15) is 14.3 Å². The molecule has 0 bridgehead atoms. The van der Waals surface area contributed by atoms with Crippen LogP contribution in [-0.2, 0) is 4.79 Å². The number of ether oxygens (including phenoxy) is 1. The van der Waals surface area contributed by atoms with E-state index in [4.69, 9.17) is 4.74 Å². The molecule has 1 fully saturated rings. The van der Waals surface area contributed by atoms with E-state index in [-0.39, 0.29) is 17.7 Å². The number of rotatable bonds is 6. The third-order valence-corrected chi connectivity index (χ3v) is 7.78. The van der Waals surface area contributed by atoms with Gasteiger partial charge in [0.15, 0.2) is 0 Å². The van der Waals surface area contributed by atoms with Crippen LogP contribution in [0, 0.1) is 17.7 Å². The summed E-state index contributed by atoms with van der Waals surface area (Å²) < 4.78 is 19.4. The van der Waals surface area contributed by atoms with Crippen molar-refractivity contribution in [2.45, 2.75) is 45.1 Å². The topological polar surface area (TPSA) is 91.3 Å². The molecule has 35 heavy (non-hydrogen) atoms. The van der Waals surface area contributed by atoms with Gasteiger partial charge in [-0.25, -0.2) is 14.4 Å². The maximum atomic E-state index is 14.0. The molecular weight excluding hydrogens is 447 g/mol. The molecule has 2 aliphatic rings. The lowest BCUT2D eigenvalue weighted by atomic mass is 9.78. The molecule has 0 saturated heterocycles. The third kappa shape index (κ3) is 4.67. The zero-order valence-electron chi connectivity index (χ0n) is 20.1. The first kappa shape index (κ1) is 23.5. The number of aromatic nitrogens is 3. The number of carboxylic acid groups (broad SMARTS) is 1. The van der Waals surface area contributed by atoms with Gasteiger partial charge in [0.2, 0.25) is 0 Å². The van der Waals surface area contributed by atoms with Crippen molar-refractivity contribution >= 4 is 22.6 Å². The highest BCUT2D eigenvalue weighted by Gasteiger charge is 2.31. The van der Waals surface area contributed by atoms with Crippen molar-refractivity contribution in [3.05, 3.63) is 48.2 Å². The highest BCUT2D eigenvalue weighted by Crippen LogP contribution is 2.37. The number of aliphatic carboxylic acids is 1. The zero-order valence-corrected chi connectivity index (χ0v) is 20.1. The van der Waals surface area contributed by atoms with E-state index in [1.807, 2.05) is 6.92 Å². The summed E-state index contributed by atoms with van der Waals surface area (Å²) in [5, 5.41) is 10.1. The molecule has 1 saturated carbocycles. The summed E-state index contributed by atoms with van der Waals surface area (Å²) in [5.41, 5.74) is 4.20. The summed E-state index contributed by atoms with van der Waals surface area (Å²) in [6, 6.07) is 7.00. The number of carbonyl (C=O) groups is 1. The average Bonchev–Trinajstić information content (AvgIpc) is 3.33. The molecular formula is C27H31FN4O3. The predicted molar refractivity (Wildman–Crippen MR) is 133 cm³/mol. The third-order valence-electron chi connectivity index (χ3n) is 7.78. The molecule has 0 spiro atoms. The first-order valence-corrected chi connectivity index (χ1v) is 12.3. The second-order valence-corrected chi connectivity index (χ2v) is 9.68. The largest absolute Gasteiger partial charge is 0.496 e. The maximum Gasteiger partial charge on any atom is 0.306 e. The van der Waals surface area contributed by atoms with Crippen LogP contribution in [0.5, 0.6) is 5.75 Å². The van der Waals surface area contributed by atoms with Gasteiger partial charge < -0.3 is 14.8 Å². The highest BCUT2D eigenvalue weighted by atomic mass is 19.1. The fourth-order valence-electron chi connectivity index (χ4n) is 5.62. The van der Waals surface area contributed by atoms with E-state index in [2.05, 4.69) is 32.0 Å². The summed E-state index contributed by atoms with van der Waals surface area (Å²) in [7, 11) is 1.56. The van der Waals surface area contributed by atoms with E-state index >= 15 is 0 Å². The number of nitrogens with one attached hydrogen (secondary N) is 1. The normalized spacial score (nSPS) is 22.1.